The number of amides is 1. The van der Waals surface area contributed by atoms with Gasteiger partial charge in [0.05, 0.1) is 0 Å². The summed E-state index contributed by atoms with van der Waals surface area (Å²) in [6.07, 6.45) is 1.37. The Morgan fingerprint density at radius 1 is 1.32 bits per heavy atom. The zero-order valence-electron chi connectivity index (χ0n) is 12.2. The molecule has 1 rings (SSSR count). The van der Waals surface area contributed by atoms with Crippen LogP contribution < -0.4 is 10.6 Å². The Kier molecular flexibility index (Phi) is 8.44. The second kappa shape index (κ2) is 8.94. The predicted octanol–water partition coefficient (Wildman–Crippen LogP) is 2.38. The molecule has 1 atom stereocenters. The third-order valence-electron chi connectivity index (χ3n) is 3.22. The van der Waals surface area contributed by atoms with Gasteiger partial charge in [-0.05, 0) is 45.4 Å². The minimum atomic E-state index is 0. The van der Waals surface area contributed by atoms with Crippen molar-refractivity contribution < 1.29 is 4.79 Å². The van der Waals surface area contributed by atoms with E-state index in [1.165, 1.54) is 16.7 Å². The molecule has 0 aromatic heterocycles. The van der Waals surface area contributed by atoms with Crippen molar-refractivity contribution in [2.75, 3.05) is 13.6 Å². The highest BCUT2D eigenvalue weighted by Gasteiger charge is 2.05. The summed E-state index contributed by atoms with van der Waals surface area (Å²) in [5, 5.41) is 6.03. The lowest BCUT2D eigenvalue weighted by Gasteiger charge is -2.12. The maximum Gasteiger partial charge on any atom is 0.220 e. The Morgan fingerprint density at radius 3 is 2.58 bits per heavy atom. The van der Waals surface area contributed by atoms with Crippen molar-refractivity contribution in [1.29, 1.82) is 0 Å². The first-order valence-corrected chi connectivity index (χ1v) is 6.53. The van der Waals surface area contributed by atoms with Gasteiger partial charge in [0.15, 0.2) is 0 Å². The Labute approximate surface area is 122 Å². The molecule has 0 saturated carbocycles. The van der Waals surface area contributed by atoms with Crippen LogP contribution in [0.5, 0.6) is 0 Å². The van der Waals surface area contributed by atoms with Gasteiger partial charge in [0.2, 0.25) is 5.91 Å². The highest BCUT2D eigenvalue weighted by molar-refractivity contribution is 5.85. The minimum Gasteiger partial charge on any atom is -0.355 e. The molecule has 0 aliphatic carbocycles. The van der Waals surface area contributed by atoms with Gasteiger partial charge in [-0.25, -0.2) is 0 Å². The van der Waals surface area contributed by atoms with Crippen molar-refractivity contribution in [1.82, 2.24) is 10.6 Å². The number of hydrogen-bond acceptors (Lipinski definition) is 2. The van der Waals surface area contributed by atoms with Gasteiger partial charge in [0.1, 0.15) is 0 Å². The first kappa shape index (κ1) is 17.9. The Balaban J connectivity index is 0.00000324. The van der Waals surface area contributed by atoms with Crippen molar-refractivity contribution in [2.24, 2.45) is 0 Å². The van der Waals surface area contributed by atoms with Crippen LogP contribution >= 0.6 is 12.4 Å². The van der Waals surface area contributed by atoms with Crippen LogP contribution in [-0.4, -0.2) is 25.5 Å². The van der Waals surface area contributed by atoms with E-state index in [9.17, 15) is 4.79 Å². The number of aryl methyl sites for hydroxylation is 3. The van der Waals surface area contributed by atoms with Crippen LogP contribution in [0.25, 0.3) is 0 Å². The number of carbonyl (C=O) groups excluding carboxylic acids is 1. The highest BCUT2D eigenvalue weighted by atomic mass is 35.5. The maximum atomic E-state index is 11.7. The van der Waals surface area contributed by atoms with E-state index in [2.05, 4.69) is 42.7 Å². The molecule has 108 valence electrons. The molecule has 2 N–H and O–H groups in total. The van der Waals surface area contributed by atoms with E-state index in [4.69, 9.17) is 0 Å². The number of nitrogens with one attached hydrogen (secondary N) is 2. The largest absolute Gasteiger partial charge is 0.355 e. The first-order valence-electron chi connectivity index (χ1n) is 6.53. The van der Waals surface area contributed by atoms with Crippen molar-refractivity contribution >= 4 is 18.3 Å². The van der Waals surface area contributed by atoms with Gasteiger partial charge in [0, 0.05) is 19.0 Å². The molecule has 1 aromatic carbocycles. The minimum absolute atomic E-state index is 0. The van der Waals surface area contributed by atoms with E-state index in [1.54, 1.807) is 0 Å². The molecule has 4 heteroatoms. The molecular formula is C15H25ClN2O. The lowest BCUT2D eigenvalue weighted by Crippen LogP contribution is -2.37. The molecule has 19 heavy (non-hydrogen) atoms. The SMILES string of the molecule is CNC(C)CNC(=O)CCc1ccc(C)cc1C.Cl. The second-order valence-electron chi connectivity index (χ2n) is 4.92. The monoisotopic (exact) mass is 284 g/mol. The number of likely N-dealkylation sites (N-methyl/N-ethyl adjacent to an activating group) is 1. The smallest absolute Gasteiger partial charge is 0.220 e. The van der Waals surface area contributed by atoms with Gasteiger partial charge in [-0.3, -0.25) is 4.79 Å². The molecule has 0 heterocycles. The summed E-state index contributed by atoms with van der Waals surface area (Å²) < 4.78 is 0. The lowest BCUT2D eigenvalue weighted by atomic mass is 10.0. The molecule has 1 aromatic rings. The average molecular weight is 285 g/mol. The summed E-state index contributed by atoms with van der Waals surface area (Å²) in [5.74, 6) is 0.122. The molecular weight excluding hydrogens is 260 g/mol. The molecule has 0 fully saturated rings. The van der Waals surface area contributed by atoms with Crippen LogP contribution in [0.15, 0.2) is 18.2 Å². The number of rotatable bonds is 6. The van der Waals surface area contributed by atoms with Crippen molar-refractivity contribution in [2.45, 2.75) is 39.7 Å². The van der Waals surface area contributed by atoms with E-state index >= 15 is 0 Å². The van der Waals surface area contributed by atoms with E-state index in [0.717, 1.165) is 6.42 Å². The number of carbonyl (C=O) groups is 1. The van der Waals surface area contributed by atoms with E-state index in [1.807, 2.05) is 14.0 Å². The van der Waals surface area contributed by atoms with Crippen LogP contribution in [0.3, 0.4) is 0 Å². The fraction of sp³-hybridized carbons (Fsp3) is 0.533. The quantitative estimate of drug-likeness (QED) is 0.842. The summed E-state index contributed by atoms with van der Waals surface area (Å²) >= 11 is 0. The van der Waals surface area contributed by atoms with Crippen LogP contribution in [0.1, 0.15) is 30.0 Å². The zero-order valence-corrected chi connectivity index (χ0v) is 13.1. The molecule has 1 unspecified atom stereocenters. The van der Waals surface area contributed by atoms with Crippen LogP contribution in [0.2, 0.25) is 0 Å². The number of benzene rings is 1. The molecule has 0 bridgehead atoms. The Bertz CT molecular complexity index is 407. The molecule has 0 saturated heterocycles. The van der Waals surface area contributed by atoms with Crippen LogP contribution in [-0.2, 0) is 11.2 Å². The molecule has 0 radical (unpaired) electrons. The highest BCUT2D eigenvalue weighted by Crippen LogP contribution is 2.12. The Hall–Kier alpha value is -1.06. The lowest BCUT2D eigenvalue weighted by molar-refractivity contribution is -0.121. The third kappa shape index (κ3) is 6.60. The van der Waals surface area contributed by atoms with Crippen molar-refractivity contribution in [3.05, 3.63) is 34.9 Å². The summed E-state index contributed by atoms with van der Waals surface area (Å²) in [7, 11) is 1.90. The summed E-state index contributed by atoms with van der Waals surface area (Å²) in [6, 6.07) is 6.70. The van der Waals surface area contributed by atoms with Crippen LogP contribution in [0, 0.1) is 13.8 Å². The normalized spacial score (nSPS) is 11.6. The molecule has 0 spiro atoms. The van der Waals surface area contributed by atoms with Gasteiger partial charge >= 0.3 is 0 Å². The van der Waals surface area contributed by atoms with Gasteiger partial charge in [-0.1, -0.05) is 23.8 Å². The Morgan fingerprint density at radius 2 is 2.00 bits per heavy atom. The van der Waals surface area contributed by atoms with E-state index in [0.29, 0.717) is 19.0 Å². The first-order chi connectivity index (χ1) is 8.52. The van der Waals surface area contributed by atoms with Gasteiger partial charge in [0.25, 0.3) is 0 Å². The fourth-order valence-corrected chi connectivity index (χ4v) is 1.83. The fourth-order valence-electron chi connectivity index (χ4n) is 1.83. The molecule has 1 amide bonds. The predicted molar refractivity (Wildman–Crippen MR) is 83.0 cm³/mol. The molecule has 0 aliphatic heterocycles. The standard InChI is InChI=1S/C15H24N2O.ClH/c1-11-5-6-14(12(2)9-11)7-8-15(18)17-10-13(3)16-4;/h5-6,9,13,16H,7-8,10H2,1-4H3,(H,17,18);1H. The van der Waals surface area contributed by atoms with E-state index < -0.39 is 0 Å². The maximum absolute atomic E-state index is 11.7. The molecule has 3 nitrogen and oxygen atoms in total. The summed E-state index contributed by atoms with van der Waals surface area (Å²) in [5.41, 5.74) is 3.80. The second-order valence-corrected chi connectivity index (χ2v) is 4.92. The topological polar surface area (TPSA) is 41.1 Å². The van der Waals surface area contributed by atoms with Crippen molar-refractivity contribution in [3.8, 4) is 0 Å². The van der Waals surface area contributed by atoms with Gasteiger partial charge in [-0.15, -0.1) is 12.4 Å². The van der Waals surface area contributed by atoms with Crippen molar-refractivity contribution in [3.63, 3.8) is 0 Å². The van der Waals surface area contributed by atoms with E-state index in [-0.39, 0.29) is 18.3 Å². The van der Waals surface area contributed by atoms with Gasteiger partial charge < -0.3 is 10.6 Å². The summed E-state index contributed by atoms with van der Waals surface area (Å²) in [4.78, 5) is 11.7. The summed E-state index contributed by atoms with van der Waals surface area (Å²) in [6.45, 7) is 6.92. The average Bonchev–Trinajstić information content (AvgIpc) is 2.34. The van der Waals surface area contributed by atoms with Crippen LogP contribution in [0.4, 0.5) is 0 Å². The third-order valence-corrected chi connectivity index (χ3v) is 3.22. The number of halogens is 1. The van der Waals surface area contributed by atoms with Gasteiger partial charge in [-0.2, -0.15) is 0 Å². The zero-order chi connectivity index (χ0) is 13.5. The number of hydrogen-bond donors (Lipinski definition) is 2. The molecule has 0 aliphatic rings.